The van der Waals surface area contributed by atoms with E-state index in [1.807, 2.05) is 6.07 Å². The minimum atomic E-state index is 0. The molecule has 5 nitrogen and oxygen atoms in total. The molecule has 0 aliphatic carbocycles. The number of aliphatic imine (C=N–C) groups is 1. The molecule has 1 aliphatic rings. The number of halogens is 2. The Kier molecular flexibility index (Phi) is 10.7. The Balaban J connectivity index is 0.00000288. The Labute approximate surface area is 170 Å². The van der Waals surface area contributed by atoms with E-state index in [0.717, 1.165) is 35.8 Å². The molecule has 0 aromatic heterocycles. The van der Waals surface area contributed by atoms with Gasteiger partial charge in [-0.25, -0.2) is 0 Å². The van der Waals surface area contributed by atoms with Crippen LogP contribution in [-0.4, -0.2) is 51.2 Å². The van der Waals surface area contributed by atoms with Crippen LogP contribution in [0.3, 0.4) is 0 Å². The lowest BCUT2D eigenvalue weighted by Crippen LogP contribution is -2.42. The lowest BCUT2D eigenvalue weighted by molar-refractivity contribution is 0.232. The van der Waals surface area contributed by atoms with Crippen LogP contribution in [0, 0.1) is 0 Å². The molecule has 7 heteroatoms. The molecule has 0 saturated carbocycles. The van der Waals surface area contributed by atoms with Gasteiger partial charge in [0.05, 0.1) is 11.6 Å². The van der Waals surface area contributed by atoms with Gasteiger partial charge in [-0.15, -0.1) is 24.0 Å². The average molecular weight is 511 g/mol. The molecular weight excluding hydrogens is 483 g/mol. The average Bonchev–Trinajstić information content (AvgIpc) is 2.59. The lowest BCUT2D eigenvalue weighted by atomic mass is 10.1. The minimum absolute atomic E-state index is 0. The minimum Gasteiger partial charge on any atom is -0.496 e. The molecule has 2 N–H and O–H groups in total. The Morgan fingerprint density at radius 1 is 1.25 bits per heavy atom. The van der Waals surface area contributed by atoms with Crippen LogP contribution in [0.15, 0.2) is 27.7 Å². The molecule has 0 atom stereocenters. The number of ether oxygens (including phenoxy) is 1. The molecule has 1 aromatic rings. The van der Waals surface area contributed by atoms with E-state index in [-0.39, 0.29) is 24.0 Å². The summed E-state index contributed by atoms with van der Waals surface area (Å²) in [7, 11) is 3.48. The number of likely N-dealkylation sites (tertiary alicyclic amines) is 1. The SMILES string of the molecule is CN=C(NCCN1CCCCC1)NCc1ccc(OC)c(Br)c1.I. The molecule has 2 rings (SSSR count). The van der Waals surface area contributed by atoms with Gasteiger partial charge in [-0.1, -0.05) is 12.5 Å². The van der Waals surface area contributed by atoms with E-state index in [1.165, 1.54) is 37.9 Å². The van der Waals surface area contributed by atoms with Crippen molar-refractivity contribution in [3.63, 3.8) is 0 Å². The van der Waals surface area contributed by atoms with E-state index in [4.69, 9.17) is 4.74 Å². The monoisotopic (exact) mass is 510 g/mol. The molecule has 0 amide bonds. The first-order chi connectivity index (χ1) is 11.2. The van der Waals surface area contributed by atoms with Crippen molar-refractivity contribution < 1.29 is 4.74 Å². The summed E-state index contributed by atoms with van der Waals surface area (Å²) in [6.45, 7) is 5.19. The van der Waals surface area contributed by atoms with Crippen molar-refractivity contribution in [3.8, 4) is 5.75 Å². The van der Waals surface area contributed by atoms with Gasteiger partial charge in [0.15, 0.2) is 5.96 Å². The first kappa shape index (κ1) is 21.5. The Bertz CT molecular complexity index is 521. The van der Waals surface area contributed by atoms with Crippen molar-refractivity contribution in [2.75, 3.05) is 40.3 Å². The Morgan fingerprint density at radius 3 is 2.62 bits per heavy atom. The Hall–Kier alpha value is -0.540. The third-order valence-electron chi connectivity index (χ3n) is 4.07. The van der Waals surface area contributed by atoms with E-state index < -0.39 is 0 Å². The summed E-state index contributed by atoms with van der Waals surface area (Å²) in [6.07, 6.45) is 4.04. The van der Waals surface area contributed by atoms with Crippen LogP contribution in [0.1, 0.15) is 24.8 Å². The van der Waals surface area contributed by atoms with Crippen LogP contribution in [0.25, 0.3) is 0 Å². The number of guanidine groups is 1. The summed E-state index contributed by atoms with van der Waals surface area (Å²) in [4.78, 5) is 6.80. The predicted molar refractivity (Wildman–Crippen MR) is 115 cm³/mol. The van der Waals surface area contributed by atoms with Gasteiger partial charge < -0.3 is 20.3 Å². The van der Waals surface area contributed by atoms with Gasteiger partial charge in [0.1, 0.15) is 5.75 Å². The maximum absolute atomic E-state index is 5.25. The molecule has 1 aliphatic heterocycles. The van der Waals surface area contributed by atoms with Gasteiger partial charge >= 0.3 is 0 Å². The van der Waals surface area contributed by atoms with Crippen molar-refractivity contribution in [2.45, 2.75) is 25.8 Å². The highest BCUT2D eigenvalue weighted by molar-refractivity contribution is 14.0. The molecule has 1 saturated heterocycles. The number of nitrogens with one attached hydrogen (secondary N) is 2. The highest BCUT2D eigenvalue weighted by Crippen LogP contribution is 2.25. The Morgan fingerprint density at radius 2 is 2.00 bits per heavy atom. The van der Waals surface area contributed by atoms with Crippen molar-refractivity contribution in [1.29, 1.82) is 0 Å². The second-order valence-corrected chi connectivity index (χ2v) is 6.58. The molecule has 0 radical (unpaired) electrons. The van der Waals surface area contributed by atoms with E-state index in [1.54, 1.807) is 14.2 Å². The van der Waals surface area contributed by atoms with Gasteiger partial charge in [0.2, 0.25) is 0 Å². The fraction of sp³-hybridized carbons (Fsp3) is 0.588. The quantitative estimate of drug-likeness (QED) is 0.350. The molecule has 1 heterocycles. The zero-order chi connectivity index (χ0) is 16.5. The third kappa shape index (κ3) is 7.14. The summed E-state index contributed by atoms with van der Waals surface area (Å²) in [5, 5.41) is 6.73. The molecular formula is C17H28BrIN4O. The van der Waals surface area contributed by atoms with Crippen molar-refractivity contribution in [3.05, 3.63) is 28.2 Å². The zero-order valence-corrected chi connectivity index (χ0v) is 18.4. The van der Waals surface area contributed by atoms with Crippen LogP contribution >= 0.6 is 39.9 Å². The summed E-state index contributed by atoms with van der Waals surface area (Å²) in [5.74, 6) is 1.69. The number of rotatable bonds is 6. The van der Waals surface area contributed by atoms with Gasteiger partial charge in [-0.3, -0.25) is 4.99 Å². The zero-order valence-electron chi connectivity index (χ0n) is 14.5. The topological polar surface area (TPSA) is 48.9 Å². The highest BCUT2D eigenvalue weighted by Gasteiger charge is 2.09. The first-order valence-electron chi connectivity index (χ1n) is 8.22. The van der Waals surface area contributed by atoms with Crippen molar-refractivity contribution >= 4 is 45.9 Å². The van der Waals surface area contributed by atoms with E-state index in [9.17, 15) is 0 Å². The van der Waals surface area contributed by atoms with E-state index in [2.05, 4.69) is 48.6 Å². The summed E-state index contributed by atoms with van der Waals surface area (Å²) in [5.41, 5.74) is 1.18. The second kappa shape index (κ2) is 11.9. The number of benzene rings is 1. The van der Waals surface area contributed by atoms with Gasteiger partial charge in [-0.2, -0.15) is 0 Å². The fourth-order valence-electron chi connectivity index (χ4n) is 2.74. The maximum atomic E-state index is 5.25. The third-order valence-corrected chi connectivity index (χ3v) is 4.69. The standard InChI is InChI=1S/C17H27BrN4O.HI/c1-19-17(20-8-11-22-9-4-3-5-10-22)21-13-14-6-7-16(23-2)15(18)12-14;/h6-7,12H,3-5,8-11,13H2,1-2H3,(H2,19,20,21);1H. The largest absolute Gasteiger partial charge is 0.496 e. The number of nitrogens with zero attached hydrogens (tertiary/aromatic N) is 2. The van der Waals surface area contributed by atoms with Crippen LogP contribution in [0.2, 0.25) is 0 Å². The maximum Gasteiger partial charge on any atom is 0.191 e. The molecule has 1 fully saturated rings. The molecule has 0 bridgehead atoms. The van der Waals surface area contributed by atoms with Crippen molar-refractivity contribution in [1.82, 2.24) is 15.5 Å². The smallest absolute Gasteiger partial charge is 0.191 e. The summed E-state index contributed by atoms with van der Waals surface area (Å²) < 4.78 is 6.21. The summed E-state index contributed by atoms with van der Waals surface area (Å²) in [6, 6.07) is 6.08. The van der Waals surface area contributed by atoms with Crippen molar-refractivity contribution in [2.24, 2.45) is 4.99 Å². The van der Waals surface area contributed by atoms with Crippen LogP contribution in [-0.2, 0) is 6.54 Å². The van der Waals surface area contributed by atoms with Gasteiger partial charge in [-0.05, 0) is 59.6 Å². The van der Waals surface area contributed by atoms with Crippen LogP contribution in [0.4, 0.5) is 0 Å². The van der Waals surface area contributed by atoms with E-state index in [0.29, 0.717) is 0 Å². The molecule has 24 heavy (non-hydrogen) atoms. The number of hydrogen-bond acceptors (Lipinski definition) is 3. The fourth-order valence-corrected chi connectivity index (χ4v) is 3.33. The number of piperidine rings is 1. The second-order valence-electron chi connectivity index (χ2n) is 5.72. The number of methoxy groups -OCH3 is 1. The summed E-state index contributed by atoms with van der Waals surface area (Å²) >= 11 is 3.51. The number of hydrogen-bond donors (Lipinski definition) is 2. The first-order valence-corrected chi connectivity index (χ1v) is 9.01. The van der Waals surface area contributed by atoms with Crippen LogP contribution in [0.5, 0.6) is 5.75 Å². The normalized spacial score (nSPS) is 15.5. The molecule has 0 unspecified atom stereocenters. The molecule has 0 spiro atoms. The van der Waals surface area contributed by atoms with E-state index >= 15 is 0 Å². The molecule has 136 valence electrons. The molecule has 1 aromatic carbocycles. The predicted octanol–water partition coefficient (Wildman–Crippen LogP) is 3.23. The lowest BCUT2D eigenvalue weighted by Gasteiger charge is -2.26. The van der Waals surface area contributed by atoms with Gasteiger partial charge in [0.25, 0.3) is 0 Å². The van der Waals surface area contributed by atoms with Crippen LogP contribution < -0.4 is 15.4 Å². The van der Waals surface area contributed by atoms with Gasteiger partial charge in [0, 0.05) is 26.7 Å². The highest BCUT2D eigenvalue weighted by atomic mass is 127.